The third kappa shape index (κ3) is 2.76. The summed E-state index contributed by atoms with van der Waals surface area (Å²) < 4.78 is 24.8. The van der Waals surface area contributed by atoms with Gasteiger partial charge < -0.3 is 14.4 Å². The van der Waals surface area contributed by atoms with E-state index in [0.717, 1.165) is 36.4 Å². The predicted molar refractivity (Wildman–Crippen MR) is 90.0 cm³/mol. The number of nitriles is 1. The summed E-state index contributed by atoms with van der Waals surface area (Å²) in [6.07, 6.45) is 1.89. The van der Waals surface area contributed by atoms with Gasteiger partial charge in [-0.05, 0) is 37.1 Å². The Bertz CT molecular complexity index is 785. The van der Waals surface area contributed by atoms with Gasteiger partial charge in [0.25, 0.3) is 0 Å². The van der Waals surface area contributed by atoms with Crippen molar-refractivity contribution in [2.24, 2.45) is 0 Å². The van der Waals surface area contributed by atoms with E-state index in [1.54, 1.807) is 26.4 Å². The van der Waals surface area contributed by atoms with Crippen molar-refractivity contribution in [1.82, 2.24) is 0 Å². The van der Waals surface area contributed by atoms with Crippen LogP contribution in [0.25, 0.3) is 0 Å². The molecule has 0 spiro atoms. The molecular weight excluding hydrogens is 307 g/mol. The fraction of sp³-hybridized carbons (Fsp3) is 0.316. The molecule has 2 aromatic rings. The van der Waals surface area contributed by atoms with Crippen LogP contribution >= 0.6 is 0 Å². The first-order chi connectivity index (χ1) is 11.7. The van der Waals surface area contributed by atoms with Gasteiger partial charge in [-0.3, -0.25) is 0 Å². The number of hydrogen-bond acceptors (Lipinski definition) is 4. The average molecular weight is 326 g/mol. The quantitative estimate of drug-likeness (QED) is 0.850. The molecule has 0 bridgehead atoms. The first-order valence-electron chi connectivity index (χ1n) is 7.86. The topological polar surface area (TPSA) is 45.5 Å². The summed E-state index contributed by atoms with van der Waals surface area (Å²) in [4.78, 5) is 2.09. The maximum Gasteiger partial charge on any atom is 0.143 e. The summed E-state index contributed by atoms with van der Waals surface area (Å²) in [7, 11) is 3.24. The monoisotopic (exact) mass is 326 g/mol. The Labute approximate surface area is 141 Å². The number of hydrogen-bond donors (Lipinski definition) is 0. The van der Waals surface area contributed by atoms with E-state index in [1.165, 1.54) is 6.07 Å². The van der Waals surface area contributed by atoms with Crippen LogP contribution in [0.15, 0.2) is 36.4 Å². The summed E-state index contributed by atoms with van der Waals surface area (Å²) in [5.74, 6) is 0.979. The SMILES string of the molecule is COc1ccc(C2CCCN2c2cccc(F)c2C#N)c(OC)c1. The number of ether oxygens (including phenoxy) is 2. The maximum atomic E-state index is 14.0. The molecule has 1 unspecified atom stereocenters. The molecule has 124 valence electrons. The minimum Gasteiger partial charge on any atom is -0.497 e. The van der Waals surface area contributed by atoms with Crippen LogP contribution in [0.3, 0.4) is 0 Å². The highest BCUT2D eigenvalue weighted by atomic mass is 19.1. The van der Waals surface area contributed by atoms with Gasteiger partial charge >= 0.3 is 0 Å². The molecule has 4 nitrogen and oxygen atoms in total. The molecular formula is C19H19FN2O2. The third-order valence-corrected chi connectivity index (χ3v) is 4.47. The molecule has 0 N–H and O–H groups in total. The van der Waals surface area contributed by atoms with Gasteiger partial charge in [-0.15, -0.1) is 0 Å². The van der Waals surface area contributed by atoms with Gasteiger partial charge in [0, 0.05) is 18.2 Å². The number of rotatable bonds is 4. The zero-order valence-corrected chi connectivity index (χ0v) is 13.8. The van der Waals surface area contributed by atoms with Crippen LogP contribution in [-0.4, -0.2) is 20.8 Å². The zero-order valence-electron chi connectivity index (χ0n) is 13.8. The van der Waals surface area contributed by atoms with E-state index in [4.69, 9.17) is 9.47 Å². The molecule has 0 radical (unpaired) electrons. The number of methoxy groups -OCH3 is 2. The number of anilines is 1. The van der Waals surface area contributed by atoms with E-state index in [-0.39, 0.29) is 11.6 Å². The van der Waals surface area contributed by atoms with Crippen LogP contribution in [0.1, 0.15) is 30.0 Å². The molecule has 0 aliphatic carbocycles. The molecule has 1 aliphatic rings. The van der Waals surface area contributed by atoms with Gasteiger partial charge in [0.1, 0.15) is 28.9 Å². The van der Waals surface area contributed by atoms with E-state index in [2.05, 4.69) is 4.90 Å². The van der Waals surface area contributed by atoms with Crippen LogP contribution in [0.2, 0.25) is 0 Å². The van der Waals surface area contributed by atoms with Crippen molar-refractivity contribution < 1.29 is 13.9 Å². The first kappa shape index (κ1) is 16.1. The molecule has 24 heavy (non-hydrogen) atoms. The summed E-state index contributed by atoms with van der Waals surface area (Å²) >= 11 is 0. The van der Waals surface area contributed by atoms with Gasteiger partial charge in [0.15, 0.2) is 0 Å². The molecule has 1 atom stereocenters. The second kappa shape index (κ2) is 6.79. The van der Waals surface area contributed by atoms with Crippen molar-refractivity contribution in [2.45, 2.75) is 18.9 Å². The molecule has 0 amide bonds. The summed E-state index contributed by atoms with van der Waals surface area (Å²) in [5.41, 5.74) is 1.75. The Morgan fingerprint density at radius 1 is 1.21 bits per heavy atom. The van der Waals surface area contributed by atoms with Crippen LogP contribution in [0, 0.1) is 17.1 Å². The Morgan fingerprint density at radius 2 is 2.04 bits per heavy atom. The average Bonchev–Trinajstić information content (AvgIpc) is 3.10. The lowest BCUT2D eigenvalue weighted by Crippen LogP contribution is -2.24. The maximum absolute atomic E-state index is 14.0. The lowest BCUT2D eigenvalue weighted by molar-refractivity contribution is 0.388. The number of benzene rings is 2. The zero-order chi connectivity index (χ0) is 17.1. The van der Waals surface area contributed by atoms with Crippen LogP contribution in [-0.2, 0) is 0 Å². The first-order valence-corrected chi connectivity index (χ1v) is 7.86. The highest BCUT2D eigenvalue weighted by molar-refractivity contribution is 5.62. The molecule has 2 aromatic carbocycles. The van der Waals surface area contributed by atoms with Gasteiger partial charge in [-0.1, -0.05) is 6.07 Å². The molecule has 3 rings (SSSR count). The highest BCUT2D eigenvalue weighted by Gasteiger charge is 2.30. The Balaban J connectivity index is 2.04. The fourth-order valence-electron chi connectivity index (χ4n) is 3.33. The molecule has 0 saturated carbocycles. The van der Waals surface area contributed by atoms with E-state index in [9.17, 15) is 9.65 Å². The standard InChI is InChI=1S/C19H19FN2O2/c1-23-13-8-9-14(19(11-13)24-2)17-7-4-10-22(17)18-6-3-5-16(20)15(18)12-21/h3,5-6,8-9,11,17H,4,7,10H2,1-2H3. The van der Waals surface area contributed by atoms with Gasteiger partial charge in [0.05, 0.1) is 25.9 Å². The van der Waals surface area contributed by atoms with Crippen molar-refractivity contribution >= 4 is 5.69 Å². The van der Waals surface area contributed by atoms with Crippen molar-refractivity contribution in [2.75, 3.05) is 25.7 Å². The second-order valence-corrected chi connectivity index (χ2v) is 5.71. The van der Waals surface area contributed by atoms with Gasteiger partial charge in [0.2, 0.25) is 0 Å². The van der Waals surface area contributed by atoms with E-state index >= 15 is 0 Å². The van der Waals surface area contributed by atoms with Crippen molar-refractivity contribution in [1.29, 1.82) is 5.26 Å². The van der Waals surface area contributed by atoms with Crippen LogP contribution < -0.4 is 14.4 Å². The third-order valence-electron chi connectivity index (χ3n) is 4.47. The predicted octanol–water partition coefficient (Wildman–Crippen LogP) is 4.06. The smallest absolute Gasteiger partial charge is 0.143 e. The molecule has 1 fully saturated rings. The molecule has 1 aliphatic heterocycles. The number of nitrogens with zero attached hydrogens (tertiary/aromatic N) is 2. The summed E-state index contributed by atoms with van der Waals surface area (Å²) in [6.45, 7) is 0.776. The Hall–Kier alpha value is -2.74. The minimum atomic E-state index is -0.484. The fourth-order valence-corrected chi connectivity index (χ4v) is 3.33. The highest BCUT2D eigenvalue weighted by Crippen LogP contribution is 2.42. The normalized spacial score (nSPS) is 16.8. The summed E-state index contributed by atoms with van der Waals surface area (Å²) in [6, 6.07) is 12.5. The number of halogens is 1. The lowest BCUT2D eigenvalue weighted by atomic mass is 10.0. The van der Waals surface area contributed by atoms with Crippen LogP contribution in [0.5, 0.6) is 11.5 Å². The largest absolute Gasteiger partial charge is 0.497 e. The second-order valence-electron chi connectivity index (χ2n) is 5.71. The van der Waals surface area contributed by atoms with Crippen molar-refractivity contribution in [3.63, 3.8) is 0 Å². The lowest BCUT2D eigenvalue weighted by Gasteiger charge is -2.29. The van der Waals surface area contributed by atoms with Crippen molar-refractivity contribution in [3.8, 4) is 17.6 Å². The Kier molecular flexibility index (Phi) is 4.57. The minimum absolute atomic E-state index is 0.0414. The van der Waals surface area contributed by atoms with Crippen molar-refractivity contribution in [3.05, 3.63) is 53.3 Å². The Morgan fingerprint density at radius 3 is 2.75 bits per heavy atom. The molecule has 5 heteroatoms. The molecule has 0 aromatic heterocycles. The van der Waals surface area contributed by atoms with Crippen LogP contribution in [0.4, 0.5) is 10.1 Å². The molecule has 1 saturated heterocycles. The van der Waals surface area contributed by atoms with E-state index in [1.807, 2.05) is 24.3 Å². The van der Waals surface area contributed by atoms with Gasteiger partial charge in [-0.25, -0.2) is 4.39 Å². The van der Waals surface area contributed by atoms with Gasteiger partial charge in [-0.2, -0.15) is 5.26 Å². The summed E-state index contributed by atoms with van der Waals surface area (Å²) in [5, 5.41) is 9.33. The van der Waals surface area contributed by atoms with E-state index in [0.29, 0.717) is 5.69 Å². The molecule has 1 heterocycles. The van der Waals surface area contributed by atoms with E-state index < -0.39 is 5.82 Å².